The van der Waals surface area contributed by atoms with Crippen LogP contribution in [0.15, 0.2) is 42.6 Å². The molecule has 242 valence electrons. The van der Waals surface area contributed by atoms with Gasteiger partial charge in [0.15, 0.2) is 0 Å². The Hall–Kier alpha value is -4.35. The third-order valence-corrected chi connectivity index (χ3v) is 8.52. The smallest absolute Gasteiger partial charge is 0.408 e. The number of hydrogen-bond acceptors (Lipinski definition) is 8. The zero-order valence-corrected chi connectivity index (χ0v) is 26.2. The molecule has 12 nitrogen and oxygen atoms in total. The molecule has 0 spiro atoms. The third kappa shape index (κ3) is 7.32. The molecule has 3 aliphatic rings. The Balaban J connectivity index is 1.44. The number of amides is 3. The van der Waals surface area contributed by atoms with E-state index in [0.717, 1.165) is 24.6 Å². The fourth-order valence-electron chi connectivity index (χ4n) is 6.11. The molecule has 1 aliphatic carbocycles. The molecule has 0 bridgehead atoms. The molecule has 3 amide bonds. The summed E-state index contributed by atoms with van der Waals surface area (Å²) in [7, 11) is 1.57. The van der Waals surface area contributed by atoms with Crippen LogP contribution in [0.5, 0.6) is 11.5 Å². The maximum absolute atomic E-state index is 14.2. The highest BCUT2D eigenvalue weighted by Gasteiger charge is 2.61. The zero-order valence-electron chi connectivity index (χ0n) is 26.2. The van der Waals surface area contributed by atoms with Crippen LogP contribution in [-0.2, 0) is 19.1 Å². The van der Waals surface area contributed by atoms with E-state index >= 15 is 0 Å². The van der Waals surface area contributed by atoms with Crippen LogP contribution in [0.3, 0.4) is 0 Å². The van der Waals surface area contributed by atoms with E-state index < -0.39 is 53.2 Å². The molecule has 0 radical (unpaired) electrons. The minimum Gasteiger partial charge on any atom is -0.497 e. The van der Waals surface area contributed by atoms with Gasteiger partial charge in [-0.25, -0.2) is 9.59 Å². The van der Waals surface area contributed by atoms with Crippen LogP contribution in [0.4, 0.5) is 4.79 Å². The number of hydrogen-bond donors (Lipinski definition) is 3. The van der Waals surface area contributed by atoms with Gasteiger partial charge < -0.3 is 34.9 Å². The number of fused-ring (bicyclic) bond motifs is 3. The second kappa shape index (κ2) is 12.9. The molecule has 3 heterocycles. The monoisotopic (exact) mass is 622 g/mol. The van der Waals surface area contributed by atoms with E-state index in [1.54, 1.807) is 52.3 Å². The number of rotatable bonds is 5. The summed E-state index contributed by atoms with van der Waals surface area (Å²) in [6.07, 6.45) is 7.97. The summed E-state index contributed by atoms with van der Waals surface area (Å²) >= 11 is 0. The Morgan fingerprint density at radius 2 is 1.96 bits per heavy atom. The third-order valence-electron chi connectivity index (χ3n) is 8.52. The Kier molecular flexibility index (Phi) is 9.22. The quantitative estimate of drug-likeness (QED) is 0.420. The summed E-state index contributed by atoms with van der Waals surface area (Å²) in [4.78, 5) is 59.0. The molecule has 1 saturated carbocycles. The van der Waals surface area contributed by atoms with Crippen LogP contribution < -0.4 is 20.1 Å². The summed E-state index contributed by atoms with van der Waals surface area (Å²) in [6, 6.07) is 5.19. The Bertz CT molecular complexity index is 1490. The molecule has 45 heavy (non-hydrogen) atoms. The van der Waals surface area contributed by atoms with Crippen molar-refractivity contribution in [3.8, 4) is 11.5 Å². The van der Waals surface area contributed by atoms with Crippen molar-refractivity contribution in [3.63, 3.8) is 0 Å². The molecule has 2 aromatic rings. The van der Waals surface area contributed by atoms with Crippen molar-refractivity contribution >= 4 is 34.8 Å². The van der Waals surface area contributed by atoms with Crippen molar-refractivity contribution in [1.29, 1.82) is 0 Å². The number of ether oxygens (including phenoxy) is 3. The minimum absolute atomic E-state index is 0.0623. The van der Waals surface area contributed by atoms with E-state index in [0.29, 0.717) is 29.9 Å². The van der Waals surface area contributed by atoms with Crippen molar-refractivity contribution in [3.05, 3.63) is 42.6 Å². The second-order valence-corrected chi connectivity index (χ2v) is 13.0. The molecular weight excluding hydrogens is 580 g/mol. The number of alkyl carbamates (subject to hydrolysis) is 1. The number of allylic oxidation sites excluding steroid dienone is 1. The van der Waals surface area contributed by atoms with Crippen molar-refractivity contribution < 1.29 is 38.5 Å². The minimum atomic E-state index is -1.42. The first kappa shape index (κ1) is 32.1. The van der Waals surface area contributed by atoms with Crippen LogP contribution in [-0.4, -0.2) is 81.8 Å². The predicted molar refractivity (Wildman–Crippen MR) is 165 cm³/mol. The highest BCUT2D eigenvalue weighted by atomic mass is 16.6. The van der Waals surface area contributed by atoms with Crippen LogP contribution in [0, 0.1) is 5.92 Å². The second-order valence-electron chi connectivity index (χ2n) is 13.0. The fraction of sp³-hybridized carbons (Fsp3) is 0.545. The van der Waals surface area contributed by atoms with Crippen molar-refractivity contribution in [2.24, 2.45) is 5.92 Å². The normalized spacial score (nSPS) is 28.0. The van der Waals surface area contributed by atoms with Gasteiger partial charge in [-0.2, -0.15) is 0 Å². The van der Waals surface area contributed by atoms with Crippen molar-refractivity contribution in [1.82, 2.24) is 20.5 Å². The molecule has 2 fully saturated rings. The molecule has 1 unspecified atom stereocenters. The maximum Gasteiger partial charge on any atom is 0.408 e. The van der Waals surface area contributed by atoms with Crippen LogP contribution in [0.1, 0.15) is 65.7 Å². The van der Waals surface area contributed by atoms with E-state index in [-0.39, 0.29) is 25.3 Å². The lowest BCUT2D eigenvalue weighted by Crippen LogP contribution is -2.56. The number of aromatic nitrogens is 1. The zero-order chi connectivity index (χ0) is 32.4. The molecule has 12 heteroatoms. The number of carboxylic acids is 1. The molecule has 3 N–H and O–H groups in total. The SMILES string of the molecule is COc1ccc2c(O[C@@H]3C[C@H]4C(=O)N[C@]5(C(=O)O)C[C@H]5/C=C\CCCCCC(NC(=O)OC(C)(C)C)C(=O)N4C3)ccnc2c1. The van der Waals surface area contributed by atoms with E-state index in [4.69, 9.17) is 14.2 Å². The van der Waals surface area contributed by atoms with Gasteiger partial charge in [-0.15, -0.1) is 0 Å². The summed E-state index contributed by atoms with van der Waals surface area (Å²) in [5.41, 5.74) is -1.53. The molecule has 5 rings (SSSR count). The average molecular weight is 623 g/mol. The van der Waals surface area contributed by atoms with Crippen molar-refractivity contribution in [2.45, 2.75) is 95.0 Å². The Morgan fingerprint density at radius 1 is 1.16 bits per heavy atom. The van der Waals surface area contributed by atoms with Crippen LogP contribution in [0.25, 0.3) is 10.9 Å². The van der Waals surface area contributed by atoms with Gasteiger partial charge in [-0.1, -0.05) is 25.0 Å². The number of pyridine rings is 1. The van der Waals surface area contributed by atoms with Gasteiger partial charge in [-0.3, -0.25) is 14.6 Å². The van der Waals surface area contributed by atoms with Gasteiger partial charge in [0.25, 0.3) is 0 Å². The largest absolute Gasteiger partial charge is 0.497 e. The number of aliphatic carboxylic acids is 1. The Labute approximate surface area is 262 Å². The first-order valence-corrected chi connectivity index (χ1v) is 15.5. The topological polar surface area (TPSA) is 156 Å². The highest BCUT2D eigenvalue weighted by Crippen LogP contribution is 2.45. The van der Waals surface area contributed by atoms with Gasteiger partial charge in [0.2, 0.25) is 11.8 Å². The number of benzene rings is 1. The average Bonchev–Trinajstić information content (AvgIpc) is 3.51. The first-order valence-electron chi connectivity index (χ1n) is 15.5. The predicted octanol–water partition coefficient (Wildman–Crippen LogP) is 3.96. The summed E-state index contributed by atoms with van der Waals surface area (Å²) in [5, 5.41) is 16.3. The van der Waals surface area contributed by atoms with E-state index in [2.05, 4.69) is 15.6 Å². The molecule has 1 aromatic carbocycles. The number of carboxylic acid groups (broad SMARTS) is 1. The Morgan fingerprint density at radius 3 is 2.69 bits per heavy atom. The molecular formula is C33H42N4O8. The fourth-order valence-corrected chi connectivity index (χ4v) is 6.11. The number of nitrogens with one attached hydrogen (secondary N) is 2. The summed E-state index contributed by atoms with van der Waals surface area (Å²) in [5.74, 6) is -1.28. The van der Waals surface area contributed by atoms with Gasteiger partial charge in [0.05, 0.1) is 19.2 Å². The van der Waals surface area contributed by atoms with Gasteiger partial charge in [0, 0.05) is 30.0 Å². The van der Waals surface area contributed by atoms with Gasteiger partial charge in [0.1, 0.15) is 40.8 Å². The molecule has 2 aliphatic heterocycles. The lowest BCUT2D eigenvalue weighted by Gasteiger charge is -2.30. The van der Waals surface area contributed by atoms with Gasteiger partial charge in [-0.05, 0) is 64.7 Å². The van der Waals surface area contributed by atoms with E-state index in [9.17, 15) is 24.3 Å². The summed E-state index contributed by atoms with van der Waals surface area (Å²) in [6.45, 7) is 5.28. The lowest BCUT2D eigenvalue weighted by molar-refractivity contribution is -0.145. The maximum atomic E-state index is 14.2. The number of methoxy groups -OCH3 is 1. The number of carbonyl (C=O) groups is 4. The first-order chi connectivity index (χ1) is 21.4. The summed E-state index contributed by atoms with van der Waals surface area (Å²) < 4.78 is 17.2. The number of carbonyl (C=O) groups excluding carboxylic acids is 3. The van der Waals surface area contributed by atoms with Crippen LogP contribution in [0.2, 0.25) is 0 Å². The van der Waals surface area contributed by atoms with Crippen molar-refractivity contribution in [2.75, 3.05) is 13.7 Å². The number of nitrogens with zero attached hydrogens (tertiary/aromatic N) is 2. The lowest BCUT2D eigenvalue weighted by atomic mass is 10.0. The standard InChI is InChI=1S/C33H42N4O8/c1-32(2,3)45-31(42)35-24-11-9-7-5-6-8-10-20-18-33(20,30(40)41)36-28(38)26-17-22(19-37(26)29(24)39)44-27-14-15-34-25-16-21(43-4)12-13-23(25)27/h8,10,12-16,20,22,24,26H,5-7,9,11,17-19H2,1-4H3,(H,35,42)(H,36,38)(H,40,41)/b10-8-/t20-,22-,24?,26+,33-/m1/s1. The highest BCUT2D eigenvalue weighted by molar-refractivity contribution is 5.96. The molecule has 1 aromatic heterocycles. The molecule has 1 saturated heterocycles. The van der Waals surface area contributed by atoms with E-state index in [1.165, 1.54) is 4.90 Å². The van der Waals surface area contributed by atoms with Crippen LogP contribution >= 0.6 is 0 Å². The van der Waals surface area contributed by atoms with E-state index in [1.807, 2.05) is 18.2 Å². The van der Waals surface area contributed by atoms with Gasteiger partial charge >= 0.3 is 12.1 Å². The molecule has 5 atom stereocenters.